The van der Waals surface area contributed by atoms with Gasteiger partial charge in [-0.05, 0) is 25.0 Å². The molecule has 150 valence electrons. The molecule has 1 aliphatic rings. The van der Waals surface area contributed by atoms with E-state index in [9.17, 15) is 22.0 Å². The molecular formula is C16H16ClF5N2O2S. The Morgan fingerprint density at radius 1 is 1.26 bits per heavy atom. The molecule has 2 aromatic rings. The quantitative estimate of drug-likeness (QED) is 0.668. The van der Waals surface area contributed by atoms with Crippen LogP contribution in [0.4, 0.5) is 27.8 Å². The predicted molar refractivity (Wildman–Crippen MR) is 93.0 cm³/mol. The van der Waals surface area contributed by atoms with Crippen LogP contribution in [-0.4, -0.2) is 35.6 Å². The summed E-state index contributed by atoms with van der Waals surface area (Å²) in [5.41, 5.74) is 4.56. The summed E-state index contributed by atoms with van der Waals surface area (Å²) in [5.74, 6) is -4.82. The molecule has 2 aromatic heterocycles. The highest BCUT2D eigenvalue weighted by atomic mass is 35.5. The van der Waals surface area contributed by atoms with Gasteiger partial charge >= 0.3 is 12.1 Å². The lowest BCUT2D eigenvalue weighted by Gasteiger charge is -2.18. The first kappa shape index (κ1) is 21.8. The fourth-order valence-electron chi connectivity index (χ4n) is 2.17. The van der Waals surface area contributed by atoms with Gasteiger partial charge in [-0.2, -0.15) is 22.0 Å². The number of aliphatic hydroxyl groups excluding tert-OH is 1. The van der Waals surface area contributed by atoms with Gasteiger partial charge in [-0.25, -0.2) is 4.98 Å². The fraction of sp³-hybridized carbons (Fsp3) is 0.438. The van der Waals surface area contributed by atoms with E-state index in [-0.39, 0.29) is 27.4 Å². The van der Waals surface area contributed by atoms with Crippen molar-refractivity contribution in [3.63, 3.8) is 0 Å². The fourth-order valence-corrected chi connectivity index (χ4v) is 3.40. The highest BCUT2D eigenvalue weighted by molar-refractivity contribution is 7.13. The Balaban J connectivity index is 0.000000313. The van der Waals surface area contributed by atoms with Crippen molar-refractivity contribution in [2.24, 2.45) is 0 Å². The van der Waals surface area contributed by atoms with Gasteiger partial charge in [0.15, 0.2) is 0 Å². The van der Waals surface area contributed by atoms with E-state index in [0.717, 1.165) is 42.2 Å². The van der Waals surface area contributed by atoms with E-state index in [0.29, 0.717) is 6.61 Å². The van der Waals surface area contributed by atoms with Crippen LogP contribution >= 0.6 is 22.9 Å². The standard InChI is InChI=1S/C11H6ClF5N2S.C5H10O2/c12-7-3-19-9(18)2-6(7)8-1-5(4-20-8)10(13,14)11(15,16)17;6-5-2-1-3-7-4-5/h1-4H,(H2,18,19);5-6H,1-4H2. The van der Waals surface area contributed by atoms with Gasteiger partial charge < -0.3 is 15.6 Å². The lowest BCUT2D eigenvalue weighted by molar-refractivity contribution is -0.289. The number of thiophene rings is 1. The van der Waals surface area contributed by atoms with Gasteiger partial charge in [0, 0.05) is 34.2 Å². The number of alkyl halides is 5. The van der Waals surface area contributed by atoms with Crippen LogP contribution in [0.1, 0.15) is 18.4 Å². The van der Waals surface area contributed by atoms with Crippen molar-refractivity contribution in [2.75, 3.05) is 18.9 Å². The second-order valence-electron chi connectivity index (χ2n) is 5.73. The van der Waals surface area contributed by atoms with Crippen LogP contribution in [0, 0.1) is 0 Å². The average molecular weight is 431 g/mol. The van der Waals surface area contributed by atoms with Crippen LogP contribution in [0.5, 0.6) is 0 Å². The smallest absolute Gasteiger partial charge is 0.391 e. The van der Waals surface area contributed by atoms with E-state index >= 15 is 0 Å². The minimum absolute atomic E-state index is 0.0851. The van der Waals surface area contributed by atoms with Crippen LogP contribution < -0.4 is 5.73 Å². The van der Waals surface area contributed by atoms with Crippen molar-refractivity contribution < 1.29 is 31.8 Å². The molecule has 1 atom stereocenters. The number of nitrogen functional groups attached to an aromatic ring is 1. The summed E-state index contributed by atoms with van der Waals surface area (Å²) in [6.07, 6.45) is -2.70. The monoisotopic (exact) mass is 430 g/mol. The molecule has 4 nitrogen and oxygen atoms in total. The Kier molecular flexibility index (Phi) is 7.01. The molecule has 0 saturated carbocycles. The van der Waals surface area contributed by atoms with Crippen molar-refractivity contribution in [1.82, 2.24) is 4.98 Å². The number of anilines is 1. The zero-order valence-electron chi connectivity index (χ0n) is 13.8. The summed E-state index contributed by atoms with van der Waals surface area (Å²) >= 11 is 6.54. The third-order valence-electron chi connectivity index (χ3n) is 3.60. The molecular weight excluding hydrogens is 415 g/mol. The molecule has 1 fully saturated rings. The Hall–Kier alpha value is -1.49. The van der Waals surface area contributed by atoms with Crippen LogP contribution in [0.15, 0.2) is 23.7 Å². The maximum Gasteiger partial charge on any atom is 0.458 e. The van der Waals surface area contributed by atoms with Crippen molar-refractivity contribution >= 4 is 28.8 Å². The number of nitrogens with two attached hydrogens (primary N) is 1. The zero-order valence-corrected chi connectivity index (χ0v) is 15.3. The molecule has 0 amide bonds. The van der Waals surface area contributed by atoms with Gasteiger partial charge in [-0.15, -0.1) is 11.3 Å². The van der Waals surface area contributed by atoms with E-state index in [4.69, 9.17) is 27.2 Å². The number of aromatic nitrogens is 1. The van der Waals surface area contributed by atoms with Crippen LogP contribution in [-0.2, 0) is 10.7 Å². The number of hydrogen-bond acceptors (Lipinski definition) is 5. The summed E-state index contributed by atoms with van der Waals surface area (Å²) in [6.45, 7) is 1.37. The number of aliphatic hydroxyl groups is 1. The van der Waals surface area contributed by atoms with E-state index in [1.165, 1.54) is 12.3 Å². The van der Waals surface area contributed by atoms with Gasteiger partial charge in [-0.3, -0.25) is 0 Å². The highest BCUT2D eigenvalue weighted by Crippen LogP contribution is 2.46. The maximum atomic E-state index is 13.2. The Morgan fingerprint density at radius 3 is 2.48 bits per heavy atom. The second-order valence-corrected chi connectivity index (χ2v) is 7.05. The summed E-state index contributed by atoms with van der Waals surface area (Å²) < 4.78 is 68.1. The Bertz CT molecular complexity index is 764. The van der Waals surface area contributed by atoms with Crippen molar-refractivity contribution in [3.05, 3.63) is 34.3 Å². The van der Waals surface area contributed by atoms with Gasteiger partial charge in [0.2, 0.25) is 0 Å². The molecule has 3 heterocycles. The molecule has 27 heavy (non-hydrogen) atoms. The van der Waals surface area contributed by atoms with Crippen molar-refractivity contribution in [1.29, 1.82) is 0 Å². The van der Waals surface area contributed by atoms with Crippen molar-refractivity contribution in [3.8, 4) is 10.4 Å². The molecule has 1 unspecified atom stereocenters. The molecule has 0 spiro atoms. The number of halogens is 6. The van der Waals surface area contributed by atoms with Crippen molar-refractivity contribution in [2.45, 2.75) is 31.0 Å². The first-order chi connectivity index (χ1) is 12.5. The molecule has 0 aliphatic carbocycles. The topological polar surface area (TPSA) is 68.4 Å². The molecule has 1 aliphatic heterocycles. The molecule has 3 N–H and O–H groups in total. The molecule has 3 rings (SSSR count). The molecule has 0 aromatic carbocycles. The third-order valence-corrected chi connectivity index (χ3v) is 4.86. The van der Waals surface area contributed by atoms with Gasteiger partial charge in [0.25, 0.3) is 0 Å². The van der Waals surface area contributed by atoms with Crippen LogP contribution in [0.25, 0.3) is 10.4 Å². The lowest BCUT2D eigenvalue weighted by atomic mass is 10.1. The van der Waals surface area contributed by atoms with Crippen LogP contribution in [0.3, 0.4) is 0 Å². The van der Waals surface area contributed by atoms with Crippen LogP contribution in [0.2, 0.25) is 5.02 Å². The van der Waals surface area contributed by atoms with Gasteiger partial charge in [0.05, 0.1) is 17.7 Å². The third kappa shape index (κ3) is 5.50. The number of ether oxygens (including phenoxy) is 1. The van der Waals surface area contributed by atoms with E-state index in [1.807, 2.05) is 0 Å². The Labute approximate surface area is 160 Å². The largest absolute Gasteiger partial charge is 0.458 e. The van der Waals surface area contributed by atoms with E-state index in [1.54, 1.807) is 0 Å². The van der Waals surface area contributed by atoms with Gasteiger partial charge in [0.1, 0.15) is 5.82 Å². The normalized spacial score (nSPS) is 18.0. The number of hydrogen-bond donors (Lipinski definition) is 2. The van der Waals surface area contributed by atoms with E-state index < -0.39 is 17.7 Å². The molecule has 1 saturated heterocycles. The van der Waals surface area contributed by atoms with Gasteiger partial charge in [-0.1, -0.05) is 11.6 Å². The summed E-state index contributed by atoms with van der Waals surface area (Å²) in [6, 6.07) is 2.06. The predicted octanol–water partition coefficient (Wildman–Crippen LogP) is 4.86. The Morgan fingerprint density at radius 2 is 1.96 bits per heavy atom. The number of rotatable bonds is 2. The van der Waals surface area contributed by atoms with E-state index in [2.05, 4.69) is 4.98 Å². The zero-order chi connectivity index (χ0) is 20.2. The highest BCUT2D eigenvalue weighted by Gasteiger charge is 2.59. The number of nitrogens with zero attached hydrogens (tertiary/aromatic N) is 1. The summed E-state index contributed by atoms with van der Waals surface area (Å²) in [5, 5.41) is 9.64. The SMILES string of the molecule is Nc1cc(-c2cc(C(F)(F)C(F)(F)F)cs2)c(Cl)cn1.OC1CCCOC1. The molecule has 0 radical (unpaired) electrons. The number of pyridine rings is 1. The molecule has 11 heteroatoms. The first-order valence-corrected chi connectivity index (χ1v) is 8.99. The minimum Gasteiger partial charge on any atom is -0.391 e. The lowest BCUT2D eigenvalue weighted by Crippen LogP contribution is -2.33. The first-order valence-electron chi connectivity index (χ1n) is 7.73. The summed E-state index contributed by atoms with van der Waals surface area (Å²) in [4.78, 5) is 3.84. The molecule has 0 bridgehead atoms. The minimum atomic E-state index is -5.65. The average Bonchev–Trinajstić information content (AvgIpc) is 3.08. The second kappa shape index (κ2) is 8.68. The summed E-state index contributed by atoms with van der Waals surface area (Å²) in [7, 11) is 0. The maximum absolute atomic E-state index is 13.2.